The van der Waals surface area contributed by atoms with Crippen molar-refractivity contribution in [3.05, 3.63) is 29.3 Å². The molecule has 0 saturated carbocycles. The fourth-order valence-electron chi connectivity index (χ4n) is 1.63. The van der Waals surface area contributed by atoms with Gasteiger partial charge in [0.1, 0.15) is 12.4 Å². The summed E-state index contributed by atoms with van der Waals surface area (Å²) in [6.07, 6.45) is -3.50. The molecule has 1 aromatic carbocycles. The van der Waals surface area contributed by atoms with Crippen molar-refractivity contribution in [1.82, 2.24) is 5.32 Å². The monoisotopic (exact) mass is 285 g/mol. The average molecular weight is 285 g/mol. The Morgan fingerprint density at radius 2 is 2.05 bits per heavy atom. The standard InChI is InChI=1S/C15H18F3NO/c1-3-5-9-20-14-7-6-12(11-19-8-4-2)10-13(14)15(16,17)18/h6-7,10,19H,4,8-9,11H2,1-2H3. The predicted octanol–water partition coefficient (Wildman–Crippen LogP) is 3.61. The Labute approximate surface area is 117 Å². The molecule has 0 aliphatic rings. The molecular weight excluding hydrogens is 267 g/mol. The quantitative estimate of drug-likeness (QED) is 0.637. The van der Waals surface area contributed by atoms with E-state index in [1.54, 1.807) is 13.0 Å². The van der Waals surface area contributed by atoms with Crippen LogP contribution in [-0.2, 0) is 12.7 Å². The highest BCUT2D eigenvalue weighted by Gasteiger charge is 2.34. The minimum Gasteiger partial charge on any atom is -0.480 e. The molecule has 1 rings (SSSR count). The molecule has 110 valence electrons. The Morgan fingerprint density at radius 3 is 2.65 bits per heavy atom. The summed E-state index contributed by atoms with van der Waals surface area (Å²) in [6, 6.07) is 4.10. The Hall–Kier alpha value is -1.67. The summed E-state index contributed by atoms with van der Waals surface area (Å²) in [5, 5.41) is 3.07. The van der Waals surface area contributed by atoms with E-state index in [4.69, 9.17) is 4.74 Å². The molecule has 20 heavy (non-hydrogen) atoms. The van der Waals surface area contributed by atoms with Gasteiger partial charge in [0.15, 0.2) is 0 Å². The van der Waals surface area contributed by atoms with Gasteiger partial charge in [-0.3, -0.25) is 0 Å². The summed E-state index contributed by atoms with van der Waals surface area (Å²) >= 11 is 0. The number of alkyl halides is 3. The average Bonchev–Trinajstić information content (AvgIpc) is 2.39. The summed E-state index contributed by atoms with van der Waals surface area (Å²) in [4.78, 5) is 0. The van der Waals surface area contributed by atoms with Gasteiger partial charge in [0.2, 0.25) is 0 Å². The predicted molar refractivity (Wildman–Crippen MR) is 72.4 cm³/mol. The van der Waals surface area contributed by atoms with Crippen molar-refractivity contribution in [3.63, 3.8) is 0 Å². The van der Waals surface area contributed by atoms with Gasteiger partial charge in [0.05, 0.1) is 5.56 Å². The summed E-state index contributed by atoms with van der Waals surface area (Å²) in [7, 11) is 0. The second kappa shape index (κ2) is 7.81. The molecule has 0 amide bonds. The molecule has 1 aromatic rings. The Balaban J connectivity index is 2.91. The first-order valence-electron chi connectivity index (χ1n) is 6.42. The van der Waals surface area contributed by atoms with Gasteiger partial charge in [-0.2, -0.15) is 13.2 Å². The zero-order valence-corrected chi connectivity index (χ0v) is 11.6. The van der Waals surface area contributed by atoms with E-state index in [2.05, 4.69) is 17.2 Å². The first-order valence-corrected chi connectivity index (χ1v) is 6.42. The van der Waals surface area contributed by atoms with Gasteiger partial charge < -0.3 is 10.1 Å². The molecule has 0 atom stereocenters. The largest absolute Gasteiger partial charge is 0.480 e. The highest BCUT2D eigenvalue weighted by atomic mass is 19.4. The molecule has 0 saturated heterocycles. The van der Waals surface area contributed by atoms with Crippen LogP contribution in [0.1, 0.15) is 31.4 Å². The lowest BCUT2D eigenvalue weighted by molar-refractivity contribution is -0.138. The number of ether oxygens (including phenoxy) is 1. The normalized spacial score (nSPS) is 10.8. The lowest BCUT2D eigenvalue weighted by atomic mass is 10.1. The summed E-state index contributed by atoms with van der Waals surface area (Å²) in [5.41, 5.74) is -0.175. The van der Waals surface area contributed by atoms with Gasteiger partial charge in [-0.25, -0.2) is 0 Å². The van der Waals surface area contributed by atoms with E-state index in [1.807, 2.05) is 6.92 Å². The third-order valence-corrected chi connectivity index (χ3v) is 2.58. The second-order valence-corrected chi connectivity index (χ2v) is 4.22. The molecule has 0 aliphatic carbocycles. The van der Waals surface area contributed by atoms with Crippen molar-refractivity contribution in [2.24, 2.45) is 0 Å². The number of halogens is 3. The lowest BCUT2D eigenvalue weighted by Crippen LogP contribution is -2.15. The van der Waals surface area contributed by atoms with E-state index in [1.165, 1.54) is 6.07 Å². The van der Waals surface area contributed by atoms with Crippen LogP contribution in [0.15, 0.2) is 18.2 Å². The Morgan fingerprint density at radius 1 is 1.30 bits per heavy atom. The van der Waals surface area contributed by atoms with Crippen molar-refractivity contribution >= 4 is 0 Å². The smallest absolute Gasteiger partial charge is 0.419 e. The Bertz CT molecular complexity index is 486. The molecule has 0 bridgehead atoms. The van der Waals surface area contributed by atoms with Crippen LogP contribution in [0.25, 0.3) is 0 Å². The molecule has 0 aliphatic heterocycles. The van der Waals surface area contributed by atoms with Gasteiger partial charge in [0.25, 0.3) is 0 Å². The minimum atomic E-state index is -4.43. The maximum absolute atomic E-state index is 13.0. The fraction of sp³-hybridized carbons (Fsp3) is 0.467. The van der Waals surface area contributed by atoms with E-state index in [0.717, 1.165) is 19.0 Å². The van der Waals surface area contributed by atoms with Gasteiger partial charge in [0, 0.05) is 6.54 Å². The van der Waals surface area contributed by atoms with Crippen LogP contribution in [0.3, 0.4) is 0 Å². The molecule has 0 fully saturated rings. The van der Waals surface area contributed by atoms with Crippen LogP contribution >= 0.6 is 0 Å². The first kappa shape index (κ1) is 16.4. The number of benzene rings is 1. The van der Waals surface area contributed by atoms with Crippen molar-refractivity contribution in [3.8, 4) is 17.6 Å². The van der Waals surface area contributed by atoms with Crippen LogP contribution in [0.5, 0.6) is 5.75 Å². The molecule has 5 heteroatoms. The van der Waals surface area contributed by atoms with Crippen LogP contribution in [0, 0.1) is 11.8 Å². The van der Waals surface area contributed by atoms with Crippen molar-refractivity contribution in [2.45, 2.75) is 33.0 Å². The van der Waals surface area contributed by atoms with Crippen LogP contribution in [0.4, 0.5) is 13.2 Å². The van der Waals surface area contributed by atoms with Gasteiger partial charge >= 0.3 is 6.18 Å². The third kappa shape index (κ3) is 5.14. The molecule has 0 radical (unpaired) electrons. The number of hydrogen-bond donors (Lipinski definition) is 1. The minimum absolute atomic E-state index is 0.0486. The van der Waals surface area contributed by atoms with Crippen molar-refractivity contribution < 1.29 is 17.9 Å². The van der Waals surface area contributed by atoms with Crippen LogP contribution < -0.4 is 10.1 Å². The van der Waals surface area contributed by atoms with E-state index in [0.29, 0.717) is 12.1 Å². The van der Waals surface area contributed by atoms with Crippen LogP contribution in [0.2, 0.25) is 0 Å². The van der Waals surface area contributed by atoms with Gasteiger partial charge in [-0.05, 0) is 37.6 Å². The molecule has 2 nitrogen and oxygen atoms in total. The SMILES string of the molecule is CC#CCOc1ccc(CNCCC)cc1C(F)(F)F. The maximum atomic E-state index is 13.0. The first-order chi connectivity index (χ1) is 9.49. The highest BCUT2D eigenvalue weighted by molar-refractivity contribution is 5.39. The summed E-state index contributed by atoms with van der Waals surface area (Å²) < 4.78 is 44.0. The molecule has 0 spiro atoms. The zero-order valence-electron chi connectivity index (χ0n) is 11.6. The van der Waals surface area contributed by atoms with Gasteiger partial charge in [-0.1, -0.05) is 18.9 Å². The molecule has 0 heterocycles. The third-order valence-electron chi connectivity index (χ3n) is 2.58. The number of rotatable bonds is 6. The topological polar surface area (TPSA) is 21.3 Å². The molecular formula is C15H18F3NO. The Kier molecular flexibility index (Phi) is 6.40. The number of nitrogens with one attached hydrogen (secondary N) is 1. The summed E-state index contributed by atoms with van der Waals surface area (Å²) in [6.45, 7) is 4.74. The van der Waals surface area contributed by atoms with Gasteiger partial charge in [-0.15, -0.1) is 5.92 Å². The van der Waals surface area contributed by atoms with Crippen molar-refractivity contribution in [2.75, 3.05) is 13.2 Å². The fourth-order valence-corrected chi connectivity index (χ4v) is 1.63. The van der Waals surface area contributed by atoms with E-state index in [-0.39, 0.29) is 12.4 Å². The molecule has 0 aromatic heterocycles. The number of hydrogen-bond acceptors (Lipinski definition) is 2. The zero-order chi connectivity index (χ0) is 15.0. The highest BCUT2D eigenvalue weighted by Crippen LogP contribution is 2.36. The van der Waals surface area contributed by atoms with E-state index >= 15 is 0 Å². The summed E-state index contributed by atoms with van der Waals surface area (Å²) in [5.74, 6) is 4.97. The van der Waals surface area contributed by atoms with Crippen LogP contribution in [-0.4, -0.2) is 13.2 Å². The maximum Gasteiger partial charge on any atom is 0.419 e. The van der Waals surface area contributed by atoms with E-state index < -0.39 is 11.7 Å². The molecule has 1 N–H and O–H groups in total. The second-order valence-electron chi connectivity index (χ2n) is 4.22. The van der Waals surface area contributed by atoms with E-state index in [9.17, 15) is 13.2 Å². The van der Waals surface area contributed by atoms with Crippen molar-refractivity contribution in [1.29, 1.82) is 0 Å². The molecule has 0 unspecified atom stereocenters. The lowest BCUT2D eigenvalue weighted by Gasteiger charge is -2.14.